The average Bonchev–Trinajstić information content (AvgIpc) is 3.15. The number of carbonyl (C=O) groups is 2. The number of furan rings is 1. The average molecular weight is 328 g/mol. The van der Waals surface area contributed by atoms with Crippen molar-refractivity contribution in [2.75, 3.05) is 13.1 Å². The molecular weight excluding hydrogens is 304 g/mol. The lowest BCUT2D eigenvalue weighted by Gasteiger charge is -2.21. The summed E-state index contributed by atoms with van der Waals surface area (Å²) in [5.74, 6) is -0.145. The first kappa shape index (κ1) is 17.8. The summed E-state index contributed by atoms with van der Waals surface area (Å²) in [4.78, 5) is 26.2. The highest BCUT2D eigenvalue weighted by Crippen LogP contribution is 2.08. The van der Waals surface area contributed by atoms with E-state index in [2.05, 4.69) is 12.2 Å². The number of unbranched alkanes of at least 4 members (excludes halogenated alkanes) is 1. The second kappa shape index (κ2) is 9.55. The number of hydrogen-bond acceptors (Lipinski definition) is 3. The molecule has 1 aromatic carbocycles. The van der Waals surface area contributed by atoms with Crippen molar-refractivity contribution in [3.8, 4) is 0 Å². The molecule has 0 radical (unpaired) electrons. The molecule has 0 atom stereocenters. The van der Waals surface area contributed by atoms with E-state index in [9.17, 15) is 9.59 Å². The summed E-state index contributed by atoms with van der Waals surface area (Å²) in [7, 11) is 0. The molecule has 24 heavy (non-hydrogen) atoms. The van der Waals surface area contributed by atoms with E-state index in [-0.39, 0.29) is 11.8 Å². The Bertz CT molecular complexity index is 623. The first-order valence-electron chi connectivity index (χ1n) is 8.32. The highest BCUT2D eigenvalue weighted by atomic mass is 16.3. The zero-order valence-electron chi connectivity index (χ0n) is 14.0. The van der Waals surface area contributed by atoms with Crippen molar-refractivity contribution in [2.24, 2.45) is 0 Å². The van der Waals surface area contributed by atoms with E-state index in [1.165, 1.54) is 12.5 Å². The summed E-state index contributed by atoms with van der Waals surface area (Å²) in [6, 6.07) is 11.4. The number of nitrogens with one attached hydrogen (secondary N) is 1. The summed E-state index contributed by atoms with van der Waals surface area (Å²) in [5.41, 5.74) is 1.58. The Balaban J connectivity index is 1.83. The van der Waals surface area contributed by atoms with Crippen LogP contribution in [0.3, 0.4) is 0 Å². The molecule has 0 saturated carbocycles. The van der Waals surface area contributed by atoms with Gasteiger partial charge in [0.15, 0.2) is 0 Å². The smallest absolute Gasteiger partial charge is 0.257 e. The zero-order chi connectivity index (χ0) is 17.2. The van der Waals surface area contributed by atoms with Gasteiger partial charge >= 0.3 is 0 Å². The fourth-order valence-corrected chi connectivity index (χ4v) is 2.35. The molecule has 128 valence electrons. The predicted octanol–water partition coefficient (Wildman–Crippen LogP) is 3.23. The standard InChI is InChI=1S/C19H24N2O3/c1-2-3-11-21(19(23)17-10-13-24-15-17)12-9-18(22)20-14-16-7-5-4-6-8-16/h4-8,10,13,15H,2-3,9,11-12,14H2,1H3,(H,20,22). The summed E-state index contributed by atoms with van der Waals surface area (Å²) < 4.78 is 4.98. The molecule has 2 amide bonds. The molecule has 0 aliphatic rings. The van der Waals surface area contributed by atoms with Crippen molar-refractivity contribution in [2.45, 2.75) is 32.7 Å². The van der Waals surface area contributed by atoms with Crippen LogP contribution in [-0.2, 0) is 11.3 Å². The lowest BCUT2D eigenvalue weighted by atomic mass is 10.2. The molecule has 5 nitrogen and oxygen atoms in total. The van der Waals surface area contributed by atoms with Crippen molar-refractivity contribution in [3.05, 3.63) is 60.1 Å². The maximum Gasteiger partial charge on any atom is 0.257 e. The van der Waals surface area contributed by atoms with Gasteiger partial charge in [-0.15, -0.1) is 0 Å². The van der Waals surface area contributed by atoms with Crippen molar-refractivity contribution >= 4 is 11.8 Å². The molecule has 1 N–H and O–H groups in total. The van der Waals surface area contributed by atoms with Crippen LogP contribution in [0.2, 0.25) is 0 Å². The summed E-state index contributed by atoms with van der Waals surface area (Å²) in [6.07, 6.45) is 5.12. The Morgan fingerprint density at radius 1 is 1.12 bits per heavy atom. The van der Waals surface area contributed by atoms with Crippen LogP contribution in [0.1, 0.15) is 42.1 Å². The van der Waals surface area contributed by atoms with Crippen LogP contribution in [0, 0.1) is 0 Å². The minimum absolute atomic E-state index is 0.0552. The van der Waals surface area contributed by atoms with E-state index in [4.69, 9.17) is 4.42 Å². The van der Waals surface area contributed by atoms with Crippen molar-refractivity contribution in [1.82, 2.24) is 10.2 Å². The molecule has 1 aromatic heterocycles. The lowest BCUT2D eigenvalue weighted by Crippen LogP contribution is -2.35. The Morgan fingerprint density at radius 3 is 2.58 bits per heavy atom. The molecule has 0 unspecified atom stereocenters. The Morgan fingerprint density at radius 2 is 1.92 bits per heavy atom. The first-order valence-corrected chi connectivity index (χ1v) is 8.32. The molecule has 2 aromatic rings. The molecule has 0 aliphatic heterocycles. The van der Waals surface area contributed by atoms with Gasteiger partial charge in [0.1, 0.15) is 6.26 Å². The van der Waals surface area contributed by atoms with Crippen molar-refractivity contribution < 1.29 is 14.0 Å². The van der Waals surface area contributed by atoms with Gasteiger partial charge in [-0.25, -0.2) is 0 Å². The van der Waals surface area contributed by atoms with E-state index in [0.29, 0.717) is 31.6 Å². The minimum atomic E-state index is -0.0898. The number of carbonyl (C=O) groups excluding carboxylic acids is 2. The van der Waals surface area contributed by atoms with Crippen LogP contribution in [0.15, 0.2) is 53.3 Å². The van der Waals surface area contributed by atoms with E-state index in [1.807, 2.05) is 30.3 Å². The normalized spacial score (nSPS) is 10.4. The molecule has 0 spiro atoms. The maximum absolute atomic E-state index is 12.4. The molecule has 0 bridgehead atoms. The highest BCUT2D eigenvalue weighted by Gasteiger charge is 2.17. The molecule has 1 heterocycles. The van der Waals surface area contributed by atoms with Crippen molar-refractivity contribution in [1.29, 1.82) is 0 Å². The highest BCUT2D eigenvalue weighted by molar-refractivity contribution is 5.94. The summed E-state index contributed by atoms with van der Waals surface area (Å²) in [5, 5.41) is 2.89. The summed E-state index contributed by atoms with van der Waals surface area (Å²) in [6.45, 7) is 3.63. The van der Waals surface area contributed by atoms with Gasteiger partial charge < -0.3 is 14.6 Å². The minimum Gasteiger partial charge on any atom is -0.472 e. The number of hydrogen-bond donors (Lipinski definition) is 1. The molecule has 2 rings (SSSR count). The van der Waals surface area contributed by atoms with Gasteiger partial charge in [-0.3, -0.25) is 9.59 Å². The largest absolute Gasteiger partial charge is 0.472 e. The van der Waals surface area contributed by atoms with Gasteiger partial charge in [-0.05, 0) is 18.1 Å². The molecule has 5 heteroatoms. The van der Waals surface area contributed by atoms with Crippen LogP contribution in [0.5, 0.6) is 0 Å². The Hall–Kier alpha value is -2.56. The predicted molar refractivity (Wildman–Crippen MR) is 92.4 cm³/mol. The van der Waals surface area contributed by atoms with Crippen LogP contribution in [-0.4, -0.2) is 29.8 Å². The van der Waals surface area contributed by atoms with Gasteiger partial charge in [0.05, 0.1) is 11.8 Å². The molecule has 0 aliphatic carbocycles. The molecular formula is C19H24N2O3. The molecule has 0 saturated heterocycles. The van der Waals surface area contributed by atoms with Crippen LogP contribution >= 0.6 is 0 Å². The zero-order valence-corrected chi connectivity index (χ0v) is 14.0. The Labute approximate surface area is 142 Å². The van der Waals surface area contributed by atoms with Crippen LogP contribution in [0.4, 0.5) is 0 Å². The topological polar surface area (TPSA) is 62.6 Å². The lowest BCUT2D eigenvalue weighted by molar-refractivity contribution is -0.121. The SMILES string of the molecule is CCCCN(CCC(=O)NCc1ccccc1)C(=O)c1ccoc1. The fraction of sp³-hybridized carbons (Fsp3) is 0.368. The van der Waals surface area contributed by atoms with E-state index in [1.54, 1.807) is 11.0 Å². The number of amides is 2. The van der Waals surface area contributed by atoms with Crippen LogP contribution in [0.25, 0.3) is 0 Å². The van der Waals surface area contributed by atoms with Gasteiger partial charge in [0.2, 0.25) is 5.91 Å². The Kier molecular flexibility index (Phi) is 7.08. The van der Waals surface area contributed by atoms with E-state index in [0.717, 1.165) is 18.4 Å². The van der Waals surface area contributed by atoms with Crippen molar-refractivity contribution in [3.63, 3.8) is 0 Å². The monoisotopic (exact) mass is 328 g/mol. The number of nitrogens with zero attached hydrogens (tertiary/aromatic N) is 1. The third kappa shape index (κ3) is 5.57. The first-order chi connectivity index (χ1) is 11.7. The van der Waals surface area contributed by atoms with E-state index < -0.39 is 0 Å². The second-order valence-corrected chi connectivity index (χ2v) is 5.67. The second-order valence-electron chi connectivity index (χ2n) is 5.67. The quantitative estimate of drug-likeness (QED) is 0.769. The maximum atomic E-state index is 12.4. The fourth-order valence-electron chi connectivity index (χ4n) is 2.35. The molecule has 0 fully saturated rings. The van der Waals surface area contributed by atoms with E-state index >= 15 is 0 Å². The third-order valence-corrected chi connectivity index (χ3v) is 3.78. The number of benzene rings is 1. The van der Waals surface area contributed by atoms with Crippen LogP contribution < -0.4 is 5.32 Å². The number of rotatable bonds is 9. The summed E-state index contributed by atoms with van der Waals surface area (Å²) >= 11 is 0. The van der Waals surface area contributed by atoms with Gasteiger partial charge in [0.25, 0.3) is 5.91 Å². The third-order valence-electron chi connectivity index (χ3n) is 3.78. The van der Waals surface area contributed by atoms with Gasteiger partial charge in [-0.1, -0.05) is 43.7 Å². The van der Waals surface area contributed by atoms with Gasteiger partial charge in [-0.2, -0.15) is 0 Å². The van der Waals surface area contributed by atoms with Gasteiger partial charge in [0, 0.05) is 26.1 Å².